The van der Waals surface area contributed by atoms with Gasteiger partial charge < -0.3 is 10.2 Å². The zero-order valence-electron chi connectivity index (χ0n) is 16.9. The average Bonchev–Trinajstić information content (AvgIpc) is 3.30. The fraction of sp³-hybridized carbons (Fsp3) is 0.684. The van der Waals surface area contributed by atoms with Crippen LogP contribution in [0.4, 0.5) is 0 Å². The molecule has 160 valence electrons. The summed E-state index contributed by atoms with van der Waals surface area (Å²) in [6, 6.07) is 0. The zero-order chi connectivity index (χ0) is 21.0. The van der Waals surface area contributed by atoms with Crippen LogP contribution in [0.15, 0.2) is 22.0 Å². The van der Waals surface area contributed by atoms with Gasteiger partial charge in [0.1, 0.15) is 0 Å². The Morgan fingerprint density at radius 1 is 1.24 bits per heavy atom. The van der Waals surface area contributed by atoms with Gasteiger partial charge in [-0.05, 0) is 32.6 Å². The molecule has 0 aliphatic carbocycles. The topological polar surface area (TPSA) is 115 Å². The van der Waals surface area contributed by atoms with Crippen molar-refractivity contribution >= 4 is 11.8 Å². The van der Waals surface area contributed by atoms with Gasteiger partial charge in [-0.25, -0.2) is 4.79 Å². The predicted molar refractivity (Wildman–Crippen MR) is 111 cm³/mol. The van der Waals surface area contributed by atoms with Gasteiger partial charge in [0, 0.05) is 37.5 Å². The Hall–Kier alpha value is -1.91. The number of rotatable bonds is 9. The summed E-state index contributed by atoms with van der Waals surface area (Å²) >= 11 is 1.37. The van der Waals surface area contributed by atoms with Crippen LogP contribution in [0.2, 0.25) is 0 Å². The number of aliphatic hydroxyl groups excluding tert-OH is 2. The summed E-state index contributed by atoms with van der Waals surface area (Å²) in [5.41, 5.74) is 0.772. The molecule has 0 bridgehead atoms. The summed E-state index contributed by atoms with van der Waals surface area (Å²) in [6.07, 6.45) is 6.45. The highest BCUT2D eigenvalue weighted by atomic mass is 32.2. The molecule has 0 amide bonds. The van der Waals surface area contributed by atoms with Crippen molar-refractivity contribution in [2.75, 3.05) is 6.61 Å². The van der Waals surface area contributed by atoms with Crippen molar-refractivity contribution < 1.29 is 10.2 Å². The van der Waals surface area contributed by atoms with Gasteiger partial charge in [0.05, 0.1) is 29.0 Å². The second-order valence-corrected chi connectivity index (χ2v) is 8.93. The Morgan fingerprint density at radius 3 is 2.72 bits per heavy atom. The first-order valence-electron chi connectivity index (χ1n) is 10.1. The first-order chi connectivity index (χ1) is 13.9. The number of aromatic nitrogens is 5. The maximum atomic E-state index is 12.9. The van der Waals surface area contributed by atoms with Crippen molar-refractivity contribution in [1.29, 1.82) is 0 Å². The number of aryl methyl sites for hydroxylation is 3. The molecular formula is C19H29N5O4S. The molecule has 3 rings (SSSR count). The smallest absolute Gasteiger partial charge is 0.331 e. The fourth-order valence-electron chi connectivity index (χ4n) is 3.58. The molecule has 2 unspecified atom stereocenters. The normalized spacial score (nSPS) is 21.7. The monoisotopic (exact) mass is 423 g/mol. The van der Waals surface area contributed by atoms with Crippen LogP contribution in [0.5, 0.6) is 0 Å². The van der Waals surface area contributed by atoms with Crippen molar-refractivity contribution in [2.45, 2.75) is 75.8 Å². The van der Waals surface area contributed by atoms with Gasteiger partial charge in [0.2, 0.25) is 0 Å². The molecule has 0 radical (unpaired) electrons. The van der Waals surface area contributed by atoms with Crippen LogP contribution >= 0.6 is 11.8 Å². The van der Waals surface area contributed by atoms with E-state index in [1.54, 1.807) is 13.1 Å². The van der Waals surface area contributed by atoms with Crippen LogP contribution in [-0.2, 0) is 19.5 Å². The fourth-order valence-corrected chi connectivity index (χ4v) is 4.95. The molecule has 2 N–H and O–H groups in total. The van der Waals surface area contributed by atoms with E-state index in [1.165, 1.54) is 20.9 Å². The van der Waals surface area contributed by atoms with Gasteiger partial charge in [0.25, 0.3) is 5.56 Å². The van der Waals surface area contributed by atoms with E-state index in [0.717, 1.165) is 31.5 Å². The van der Waals surface area contributed by atoms with E-state index in [-0.39, 0.29) is 28.5 Å². The molecule has 1 saturated heterocycles. The molecule has 0 aromatic carbocycles. The molecule has 3 atom stereocenters. The number of hydrogen-bond donors (Lipinski definition) is 2. The Labute approximate surface area is 173 Å². The van der Waals surface area contributed by atoms with E-state index in [4.69, 9.17) is 0 Å². The minimum absolute atomic E-state index is 0.140. The standard InChI is InChI=1S/C19H29N5O4S/c1-3-7-22-11-14(20-21-22)6-4-5-8-23-18(27)13(2)10-24(19(23)28)17-9-15(26)16(12-25)29-17/h10-11,15-17,25-26H,3-9,12H2,1-2H3/t15?,16-,17?/m1/s1. The highest BCUT2D eigenvalue weighted by molar-refractivity contribution is 8.00. The molecule has 1 fully saturated rings. The lowest BCUT2D eigenvalue weighted by molar-refractivity contribution is 0.137. The van der Waals surface area contributed by atoms with Crippen LogP contribution in [0.3, 0.4) is 0 Å². The van der Waals surface area contributed by atoms with Crippen LogP contribution < -0.4 is 11.2 Å². The molecule has 3 heterocycles. The summed E-state index contributed by atoms with van der Waals surface area (Å²) in [5, 5.41) is 27.0. The predicted octanol–water partition coefficient (Wildman–Crippen LogP) is 0.700. The first kappa shape index (κ1) is 21.8. The number of unbranched alkanes of at least 4 members (excludes halogenated alkanes) is 1. The second-order valence-electron chi connectivity index (χ2n) is 7.50. The third-order valence-electron chi connectivity index (χ3n) is 5.16. The summed E-state index contributed by atoms with van der Waals surface area (Å²) < 4.78 is 4.63. The lowest BCUT2D eigenvalue weighted by Crippen LogP contribution is -2.41. The number of nitrogens with zero attached hydrogens (tertiary/aromatic N) is 5. The Kier molecular flexibility index (Phi) is 7.31. The number of hydrogen-bond acceptors (Lipinski definition) is 7. The lowest BCUT2D eigenvalue weighted by Gasteiger charge is -2.16. The van der Waals surface area contributed by atoms with Crippen LogP contribution in [0.1, 0.15) is 49.2 Å². The Morgan fingerprint density at radius 2 is 2.03 bits per heavy atom. The van der Waals surface area contributed by atoms with E-state index in [1.807, 2.05) is 10.9 Å². The van der Waals surface area contributed by atoms with Crippen LogP contribution in [-0.4, -0.2) is 52.3 Å². The highest BCUT2D eigenvalue weighted by Gasteiger charge is 2.35. The second kappa shape index (κ2) is 9.73. The SMILES string of the molecule is CCCn1cc(CCCCn2c(=O)c(C)cn(C3CC(O)[C@@H](CO)S3)c2=O)nn1. The molecule has 29 heavy (non-hydrogen) atoms. The van der Waals surface area contributed by atoms with Crippen LogP contribution in [0.25, 0.3) is 0 Å². The molecule has 2 aromatic rings. The quantitative estimate of drug-likeness (QED) is 0.571. The summed E-state index contributed by atoms with van der Waals surface area (Å²) in [7, 11) is 0. The van der Waals surface area contributed by atoms with E-state index >= 15 is 0 Å². The Bertz CT molecular complexity index is 937. The van der Waals surface area contributed by atoms with Gasteiger partial charge in [-0.3, -0.25) is 18.6 Å². The summed E-state index contributed by atoms with van der Waals surface area (Å²) in [5.74, 6) is 0. The van der Waals surface area contributed by atoms with E-state index in [9.17, 15) is 19.8 Å². The zero-order valence-corrected chi connectivity index (χ0v) is 17.7. The molecular weight excluding hydrogens is 394 g/mol. The van der Waals surface area contributed by atoms with Crippen molar-refractivity contribution in [3.8, 4) is 0 Å². The molecule has 0 spiro atoms. The van der Waals surface area contributed by atoms with E-state index in [0.29, 0.717) is 24.9 Å². The van der Waals surface area contributed by atoms with Gasteiger partial charge in [-0.2, -0.15) is 0 Å². The maximum Gasteiger partial charge on any atom is 0.331 e. The third kappa shape index (κ3) is 4.99. The molecule has 0 saturated carbocycles. The molecule has 1 aliphatic heterocycles. The van der Waals surface area contributed by atoms with E-state index in [2.05, 4.69) is 17.2 Å². The number of thioether (sulfide) groups is 1. The van der Waals surface area contributed by atoms with Gasteiger partial charge >= 0.3 is 5.69 Å². The van der Waals surface area contributed by atoms with Crippen LogP contribution in [0, 0.1) is 6.92 Å². The van der Waals surface area contributed by atoms with Gasteiger partial charge in [-0.15, -0.1) is 16.9 Å². The Balaban J connectivity index is 1.66. The largest absolute Gasteiger partial charge is 0.395 e. The number of aliphatic hydroxyl groups is 2. The van der Waals surface area contributed by atoms with Crippen molar-refractivity contribution in [3.05, 3.63) is 44.5 Å². The average molecular weight is 424 g/mol. The van der Waals surface area contributed by atoms with Gasteiger partial charge in [0.15, 0.2) is 0 Å². The molecule has 9 nitrogen and oxygen atoms in total. The molecule has 10 heteroatoms. The van der Waals surface area contributed by atoms with Crippen molar-refractivity contribution in [1.82, 2.24) is 24.1 Å². The third-order valence-corrected chi connectivity index (χ3v) is 6.71. The van der Waals surface area contributed by atoms with Crippen molar-refractivity contribution in [3.63, 3.8) is 0 Å². The summed E-state index contributed by atoms with van der Waals surface area (Å²) in [6.45, 7) is 4.82. The molecule has 2 aromatic heterocycles. The maximum absolute atomic E-state index is 12.9. The minimum atomic E-state index is -0.663. The highest BCUT2D eigenvalue weighted by Crippen LogP contribution is 2.40. The first-order valence-corrected chi connectivity index (χ1v) is 11.0. The minimum Gasteiger partial charge on any atom is -0.395 e. The van der Waals surface area contributed by atoms with Crippen molar-refractivity contribution in [2.24, 2.45) is 0 Å². The lowest BCUT2D eigenvalue weighted by atomic mass is 10.2. The molecule has 1 aliphatic rings. The summed E-state index contributed by atoms with van der Waals surface area (Å²) in [4.78, 5) is 25.4. The van der Waals surface area contributed by atoms with E-state index < -0.39 is 6.10 Å². The van der Waals surface area contributed by atoms with Gasteiger partial charge in [-0.1, -0.05) is 12.1 Å².